The van der Waals surface area contributed by atoms with E-state index in [1.165, 1.54) is 5.57 Å². The van der Waals surface area contributed by atoms with Gasteiger partial charge in [-0.25, -0.2) is 0 Å². The average Bonchev–Trinajstić information content (AvgIpc) is 1.94. The minimum Gasteiger partial charge on any atom is -0.385 e. The van der Waals surface area contributed by atoms with Gasteiger partial charge < -0.3 is 5.11 Å². The molecule has 0 aromatic carbocycles. The molecule has 0 saturated carbocycles. The molecule has 0 bridgehead atoms. The minimum absolute atomic E-state index is 0.238. The molecule has 1 nitrogen and oxygen atoms in total. The molecule has 12 heavy (non-hydrogen) atoms. The van der Waals surface area contributed by atoms with Gasteiger partial charge in [0.15, 0.2) is 0 Å². The van der Waals surface area contributed by atoms with E-state index >= 15 is 0 Å². The Bertz CT molecular complexity index is 221. The van der Waals surface area contributed by atoms with Crippen molar-refractivity contribution in [2.75, 3.05) is 0 Å². The fourth-order valence-electron chi connectivity index (χ4n) is 1.67. The van der Waals surface area contributed by atoms with Crippen molar-refractivity contribution in [3.8, 4) is 0 Å². The van der Waals surface area contributed by atoms with E-state index in [4.69, 9.17) is 0 Å². The van der Waals surface area contributed by atoms with E-state index in [2.05, 4.69) is 26.8 Å². The van der Waals surface area contributed by atoms with Crippen molar-refractivity contribution in [2.45, 2.75) is 33.3 Å². The van der Waals surface area contributed by atoms with Gasteiger partial charge >= 0.3 is 0 Å². The first kappa shape index (κ1) is 9.53. The average molecular weight is 166 g/mol. The van der Waals surface area contributed by atoms with E-state index in [0.29, 0.717) is 5.92 Å². The van der Waals surface area contributed by atoms with Crippen LogP contribution in [0.4, 0.5) is 0 Å². The molecule has 0 amide bonds. The van der Waals surface area contributed by atoms with Crippen LogP contribution in [-0.4, -0.2) is 10.7 Å². The first-order valence-electron chi connectivity index (χ1n) is 4.57. The van der Waals surface area contributed by atoms with Crippen molar-refractivity contribution < 1.29 is 5.11 Å². The number of hydrogen-bond acceptors (Lipinski definition) is 1. The maximum atomic E-state index is 9.93. The summed E-state index contributed by atoms with van der Waals surface area (Å²) in [6.07, 6.45) is 5.94. The number of allylic oxidation sites excluding steroid dienone is 2. The molecular weight excluding hydrogens is 148 g/mol. The molecule has 0 aromatic heterocycles. The molecule has 0 radical (unpaired) electrons. The van der Waals surface area contributed by atoms with Crippen LogP contribution >= 0.6 is 0 Å². The van der Waals surface area contributed by atoms with Crippen LogP contribution in [0, 0.1) is 11.8 Å². The highest BCUT2D eigenvalue weighted by Gasteiger charge is 2.30. The standard InChI is InChI=1S/C11H18O/c1-8(2)10-6-5-7-11(4,12)9(10)3/h5-9,12H,1-4H3. The van der Waals surface area contributed by atoms with Crippen LogP contribution in [-0.2, 0) is 0 Å². The normalized spacial score (nSPS) is 35.5. The van der Waals surface area contributed by atoms with E-state index in [0.717, 1.165) is 0 Å². The lowest BCUT2D eigenvalue weighted by Gasteiger charge is -2.33. The maximum Gasteiger partial charge on any atom is 0.0865 e. The molecule has 1 rings (SSSR count). The van der Waals surface area contributed by atoms with E-state index in [1.807, 2.05) is 19.1 Å². The maximum absolute atomic E-state index is 9.93. The Kier molecular flexibility index (Phi) is 2.43. The van der Waals surface area contributed by atoms with Crippen LogP contribution in [0.2, 0.25) is 0 Å². The lowest BCUT2D eigenvalue weighted by atomic mass is 9.77. The van der Waals surface area contributed by atoms with Crippen molar-refractivity contribution in [3.63, 3.8) is 0 Å². The van der Waals surface area contributed by atoms with Gasteiger partial charge in [0.1, 0.15) is 0 Å². The summed E-state index contributed by atoms with van der Waals surface area (Å²) in [4.78, 5) is 0. The highest BCUT2D eigenvalue weighted by atomic mass is 16.3. The lowest BCUT2D eigenvalue weighted by Crippen LogP contribution is -2.34. The molecule has 0 saturated heterocycles. The summed E-state index contributed by atoms with van der Waals surface area (Å²) in [7, 11) is 0. The van der Waals surface area contributed by atoms with E-state index < -0.39 is 5.60 Å². The second kappa shape index (κ2) is 3.06. The smallest absolute Gasteiger partial charge is 0.0865 e. The summed E-state index contributed by atoms with van der Waals surface area (Å²) in [5.74, 6) is 0.763. The molecule has 1 aliphatic carbocycles. The zero-order valence-corrected chi connectivity index (χ0v) is 8.33. The van der Waals surface area contributed by atoms with Crippen molar-refractivity contribution >= 4 is 0 Å². The lowest BCUT2D eigenvalue weighted by molar-refractivity contribution is 0.0645. The molecule has 0 spiro atoms. The zero-order valence-electron chi connectivity index (χ0n) is 8.33. The fourth-order valence-corrected chi connectivity index (χ4v) is 1.67. The van der Waals surface area contributed by atoms with Gasteiger partial charge in [-0.15, -0.1) is 0 Å². The SMILES string of the molecule is CC(C)C1=CC=CC(C)(O)C1C. The van der Waals surface area contributed by atoms with E-state index in [9.17, 15) is 5.11 Å². The van der Waals surface area contributed by atoms with Crippen molar-refractivity contribution in [2.24, 2.45) is 11.8 Å². The number of aliphatic hydroxyl groups is 1. The van der Waals surface area contributed by atoms with Gasteiger partial charge in [0.25, 0.3) is 0 Å². The van der Waals surface area contributed by atoms with Crippen LogP contribution in [0.1, 0.15) is 27.7 Å². The highest BCUT2D eigenvalue weighted by molar-refractivity contribution is 5.28. The van der Waals surface area contributed by atoms with Crippen LogP contribution in [0.25, 0.3) is 0 Å². The first-order valence-corrected chi connectivity index (χ1v) is 4.57. The Hall–Kier alpha value is -0.560. The molecule has 2 unspecified atom stereocenters. The highest BCUT2D eigenvalue weighted by Crippen LogP contribution is 2.33. The minimum atomic E-state index is -0.658. The van der Waals surface area contributed by atoms with Gasteiger partial charge in [-0.1, -0.05) is 44.6 Å². The van der Waals surface area contributed by atoms with Crippen LogP contribution in [0.15, 0.2) is 23.8 Å². The number of hydrogen-bond donors (Lipinski definition) is 1. The third-order valence-electron chi connectivity index (χ3n) is 2.77. The Balaban J connectivity index is 2.91. The topological polar surface area (TPSA) is 20.2 Å². The van der Waals surface area contributed by atoms with Gasteiger partial charge in [-0.3, -0.25) is 0 Å². The monoisotopic (exact) mass is 166 g/mol. The van der Waals surface area contributed by atoms with Gasteiger partial charge in [-0.2, -0.15) is 0 Å². The molecular formula is C11H18O. The summed E-state index contributed by atoms with van der Waals surface area (Å²) in [6.45, 7) is 8.27. The second-order valence-electron chi connectivity index (χ2n) is 4.13. The van der Waals surface area contributed by atoms with Crippen molar-refractivity contribution in [1.82, 2.24) is 0 Å². The third kappa shape index (κ3) is 1.61. The molecule has 0 aromatic rings. The predicted molar refractivity (Wildman–Crippen MR) is 51.8 cm³/mol. The summed E-state index contributed by atoms with van der Waals surface area (Å²) in [5, 5.41) is 9.93. The fraction of sp³-hybridized carbons (Fsp3) is 0.636. The Morgan fingerprint density at radius 3 is 2.50 bits per heavy atom. The molecule has 1 heteroatoms. The molecule has 2 atom stereocenters. The first-order chi connectivity index (χ1) is 5.45. The molecule has 1 N–H and O–H groups in total. The molecule has 1 aliphatic rings. The number of rotatable bonds is 1. The molecule has 0 aliphatic heterocycles. The zero-order chi connectivity index (χ0) is 9.35. The Morgan fingerprint density at radius 2 is 2.08 bits per heavy atom. The van der Waals surface area contributed by atoms with Gasteiger partial charge in [-0.05, 0) is 12.8 Å². The van der Waals surface area contributed by atoms with Crippen molar-refractivity contribution in [3.05, 3.63) is 23.8 Å². The van der Waals surface area contributed by atoms with E-state index in [1.54, 1.807) is 0 Å². The summed E-state index contributed by atoms with van der Waals surface area (Å²) >= 11 is 0. The Morgan fingerprint density at radius 1 is 1.50 bits per heavy atom. The van der Waals surface area contributed by atoms with Crippen molar-refractivity contribution in [1.29, 1.82) is 0 Å². The summed E-state index contributed by atoms with van der Waals surface area (Å²) < 4.78 is 0. The van der Waals surface area contributed by atoms with Crippen LogP contribution in [0.3, 0.4) is 0 Å². The largest absolute Gasteiger partial charge is 0.385 e. The molecule has 0 fully saturated rings. The van der Waals surface area contributed by atoms with Gasteiger partial charge in [0.05, 0.1) is 5.60 Å². The van der Waals surface area contributed by atoms with E-state index in [-0.39, 0.29) is 5.92 Å². The van der Waals surface area contributed by atoms with Crippen LogP contribution in [0.5, 0.6) is 0 Å². The Labute approximate surface area is 74.8 Å². The van der Waals surface area contributed by atoms with Gasteiger partial charge in [0, 0.05) is 5.92 Å². The third-order valence-corrected chi connectivity index (χ3v) is 2.77. The molecule has 68 valence electrons. The van der Waals surface area contributed by atoms with Gasteiger partial charge in [0.2, 0.25) is 0 Å². The summed E-state index contributed by atoms with van der Waals surface area (Å²) in [6, 6.07) is 0. The summed E-state index contributed by atoms with van der Waals surface area (Å²) in [5.41, 5.74) is 0.677. The molecule has 0 heterocycles. The van der Waals surface area contributed by atoms with Crippen LogP contribution < -0.4 is 0 Å². The second-order valence-corrected chi connectivity index (χ2v) is 4.13. The quantitative estimate of drug-likeness (QED) is 0.634. The predicted octanol–water partition coefficient (Wildman–Crippen LogP) is 2.53.